The van der Waals surface area contributed by atoms with Crippen LogP contribution in [0.4, 0.5) is 0 Å². The Morgan fingerprint density at radius 1 is 1.48 bits per heavy atom. The number of likely N-dealkylation sites (tertiary alicyclic amines) is 1. The number of aliphatic hydroxyl groups is 1. The highest BCUT2D eigenvalue weighted by Crippen LogP contribution is 2.23. The molecule has 1 saturated heterocycles. The molecular weight excluding hydrogens is 306 g/mol. The van der Waals surface area contributed by atoms with E-state index in [9.17, 15) is 4.79 Å². The Morgan fingerprint density at radius 2 is 2.33 bits per heavy atom. The van der Waals surface area contributed by atoms with Crippen LogP contribution in [-0.4, -0.2) is 40.9 Å². The Hall–Kier alpha value is -0.710. The van der Waals surface area contributed by atoms with Crippen molar-refractivity contribution in [3.05, 3.63) is 34.9 Å². The normalized spacial score (nSPS) is 18.2. The second-order valence-corrected chi connectivity index (χ2v) is 6.79. The summed E-state index contributed by atoms with van der Waals surface area (Å²) in [6, 6.07) is 8.10. The molecule has 0 bridgehead atoms. The van der Waals surface area contributed by atoms with Gasteiger partial charge in [0.15, 0.2) is 0 Å². The standard InChI is InChI=1S/C16H22ClNO2S/c17-14-5-1-4-13(10-14)11-21-12-16(20)18-8-2-6-15(18)7-3-9-19/h1,4-5,10,15,19H,2-3,6-9,11-12H2. The number of nitrogens with zero attached hydrogens (tertiary/aromatic N) is 1. The number of hydrogen-bond donors (Lipinski definition) is 1. The maximum absolute atomic E-state index is 12.3. The second kappa shape index (κ2) is 8.66. The van der Waals surface area contributed by atoms with Crippen molar-refractivity contribution < 1.29 is 9.90 Å². The summed E-state index contributed by atoms with van der Waals surface area (Å²) in [6.07, 6.45) is 3.86. The highest BCUT2D eigenvalue weighted by atomic mass is 35.5. The van der Waals surface area contributed by atoms with Crippen LogP contribution in [0.15, 0.2) is 24.3 Å². The van der Waals surface area contributed by atoms with E-state index in [-0.39, 0.29) is 12.5 Å². The van der Waals surface area contributed by atoms with Gasteiger partial charge in [-0.05, 0) is 43.4 Å². The van der Waals surface area contributed by atoms with E-state index in [1.54, 1.807) is 11.8 Å². The molecule has 1 heterocycles. The van der Waals surface area contributed by atoms with Gasteiger partial charge in [0.05, 0.1) is 5.75 Å². The second-order valence-electron chi connectivity index (χ2n) is 5.37. The number of carbonyl (C=O) groups excluding carboxylic acids is 1. The Labute approximate surface area is 135 Å². The fraction of sp³-hybridized carbons (Fsp3) is 0.562. The van der Waals surface area contributed by atoms with Crippen LogP contribution in [-0.2, 0) is 10.5 Å². The van der Waals surface area contributed by atoms with Crippen LogP contribution in [0.2, 0.25) is 5.02 Å². The molecule has 2 rings (SSSR count). The third kappa shape index (κ3) is 5.20. The minimum absolute atomic E-state index is 0.210. The first-order valence-corrected chi connectivity index (χ1v) is 8.96. The lowest BCUT2D eigenvalue weighted by atomic mass is 10.1. The molecule has 1 N–H and O–H groups in total. The van der Waals surface area contributed by atoms with Crippen molar-refractivity contribution in [3.8, 4) is 0 Å². The van der Waals surface area contributed by atoms with E-state index in [1.807, 2.05) is 29.2 Å². The summed E-state index contributed by atoms with van der Waals surface area (Å²) in [4.78, 5) is 14.3. The van der Waals surface area contributed by atoms with Gasteiger partial charge in [0.2, 0.25) is 5.91 Å². The Bertz CT molecular complexity index is 469. The maximum Gasteiger partial charge on any atom is 0.232 e. The molecule has 1 fully saturated rings. The molecule has 1 aliphatic heterocycles. The molecule has 0 aliphatic carbocycles. The van der Waals surface area contributed by atoms with Crippen LogP contribution in [0.25, 0.3) is 0 Å². The third-order valence-electron chi connectivity index (χ3n) is 3.78. The van der Waals surface area contributed by atoms with Crippen molar-refractivity contribution in [1.82, 2.24) is 4.90 Å². The molecule has 0 spiro atoms. The lowest BCUT2D eigenvalue weighted by Crippen LogP contribution is -2.36. The van der Waals surface area contributed by atoms with Crippen molar-refractivity contribution in [3.63, 3.8) is 0 Å². The molecule has 3 nitrogen and oxygen atoms in total. The smallest absolute Gasteiger partial charge is 0.232 e. The van der Waals surface area contributed by atoms with Crippen LogP contribution >= 0.6 is 23.4 Å². The molecule has 21 heavy (non-hydrogen) atoms. The molecule has 1 aromatic carbocycles. The summed E-state index contributed by atoms with van der Waals surface area (Å²) < 4.78 is 0. The number of thioether (sulfide) groups is 1. The molecule has 1 aromatic rings. The number of benzene rings is 1. The van der Waals surface area contributed by atoms with Gasteiger partial charge >= 0.3 is 0 Å². The molecular formula is C16H22ClNO2S. The number of hydrogen-bond acceptors (Lipinski definition) is 3. The van der Waals surface area contributed by atoms with Crippen LogP contribution in [0, 0.1) is 0 Å². The maximum atomic E-state index is 12.3. The number of halogens is 1. The molecule has 0 radical (unpaired) electrons. The van der Waals surface area contributed by atoms with E-state index in [4.69, 9.17) is 16.7 Å². The predicted molar refractivity (Wildman–Crippen MR) is 88.7 cm³/mol. The molecule has 1 unspecified atom stereocenters. The van der Waals surface area contributed by atoms with Gasteiger partial charge in [0.1, 0.15) is 0 Å². The van der Waals surface area contributed by atoms with E-state index in [0.717, 1.165) is 48.6 Å². The molecule has 0 saturated carbocycles. The van der Waals surface area contributed by atoms with Gasteiger partial charge in [0.25, 0.3) is 0 Å². The van der Waals surface area contributed by atoms with Crippen LogP contribution in [0.1, 0.15) is 31.2 Å². The first-order valence-electron chi connectivity index (χ1n) is 7.43. The fourth-order valence-corrected chi connectivity index (χ4v) is 3.83. The summed E-state index contributed by atoms with van der Waals surface area (Å²) in [7, 11) is 0. The minimum atomic E-state index is 0.210. The summed E-state index contributed by atoms with van der Waals surface area (Å²) in [6.45, 7) is 1.08. The highest BCUT2D eigenvalue weighted by molar-refractivity contribution is 7.99. The molecule has 5 heteroatoms. The van der Waals surface area contributed by atoms with Crippen LogP contribution in [0.3, 0.4) is 0 Å². The molecule has 1 aliphatic rings. The van der Waals surface area contributed by atoms with E-state index in [1.165, 1.54) is 0 Å². The molecule has 1 amide bonds. The molecule has 116 valence electrons. The first-order chi connectivity index (χ1) is 10.2. The summed E-state index contributed by atoms with van der Waals surface area (Å²) in [5, 5.41) is 9.66. The monoisotopic (exact) mass is 327 g/mol. The van der Waals surface area contributed by atoms with Crippen molar-refractivity contribution in [1.29, 1.82) is 0 Å². The average molecular weight is 328 g/mol. The van der Waals surface area contributed by atoms with Gasteiger partial charge in [-0.1, -0.05) is 23.7 Å². The topological polar surface area (TPSA) is 40.5 Å². The summed E-state index contributed by atoms with van der Waals surface area (Å²) >= 11 is 7.59. The zero-order chi connectivity index (χ0) is 15.1. The van der Waals surface area contributed by atoms with Gasteiger partial charge in [0, 0.05) is 30.0 Å². The lowest BCUT2D eigenvalue weighted by molar-refractivity contribution is -0.129. The van der Waals surface area contributed by atoms with Gasteiger partial charge in [-0.3, -0.25) is 4.79 Å². The van der Waals surface area contributed by atoms with E-state index in [0.29, 0.717) is 11.8 Å². The zero-order valence-corrected chi connectivity index (χ0v) is 13.7. The Morgan fingerprint density at radius 3 is 3.10 bits per heavy atom. The van der Waals surface area contributed by atoms with E-state index < -0.39 is 0 Å². The van der Waals surface area contributed by atoms with Gasteiger partial charge in [-0.15, -0.1) is 11.8 Å². The molecule has 0 aromatic heterocycles. The van der Waals surface area contributed by atoms with Crippen molar-refractivity contribution in [2.45, 2.75) is 37.5 Å². The minimum Gasteiger partial charge on any atom is -0.396 e. The van der Waals surface area contributed by atoms with E-state index in [2.05, 4.69) is 0 Å². The lowest BCUT2D eigenvalue weighted by Gasteiger charge is -2.24. The number of carbonyl (C=O) groups is 1. The van der Waals surface area contributed by atoms with Crippen LogP contribution in [0.5, 0.6) is 0 Å². The average Bonchev–Trinajstić information content (AvgIpc) is 2.93. The Balaban J connectivity index is 1.76. The summed E-state index contributed by atoms with van der Waals surface area (Å²) in [5.41, 5.74) is 1.15. The largest absolute Gasteiger partial charge is 0.396 e. The van der Waals surface area contributed by atoms with Crippen molar-refractivity contribution in [2.24, 2.45) is 0 Å². The number of rotatable bonds is 7. The van der Waals surface area contributed by atoms with Crippen molar-refractivity contribution in [2.75, 3.05) is 18.9 Å². The highest BCUT2D eigenvalue weighted by Gasteiger charge is 2.27. The third-order valence-corrected chi connectivity index (χ3v) is 5.00. The number of aliphatic hydroxyl groups excluding tert-OH is 1. The van der Waals surface area contributed by atoms with Gasteiger partial charge < -0.3 is 10.0 Å². The molecule has 1 atom stereocenters. The van der Waals surface area contributed by atoms with Gasteiger partial charge in [-0.25, -0.2) is 0 Å². The SMILES string of the molecule is O=C(CSCc1cccc(Cl)c1)N1CCCC1CCCO. The van der Waals surface area contributed by atoms with Gasteiger partial charge in [-0.2, -0.15) is 0 Å². The number of amides is 1. The fourth-order valence-electron chi connectivity index (χ4n) is 2.76. The van der Waals surface area contributed by atoms with E-state index >= 15 is 0 Å². The predicted octanol–water partition coefficient (Wildman–Crippen LogP) is 3.34. The van der Waals surface area contributed by atoms with Crippen molar-refractivity contribution >= 4 is 29.3 Å². The Kier molecular flexibility index (Phi) is 6.87. The zero-order valence-electron chi connectivity index (χ0n) is 12.1. The van der Waals surface area contributed by atoms with Crippen LogP contribution < -0.4 is 0 Å². The summed E-state index contributed by atoms with van der Waals surface area (Å²) in [5.74, 6) is 1.55. The first kappa shape index (κ1) is 16.7. The quantitative estimate of drug-likeness (QED) is 0.835.